The van der Waals surface area contributed by atoms with E-state index in [0.29, 0.717) is 22.0 Å². The molecule has 0 spiro atoms. The lowest BCUT2D eigenvalue weighted by Gasteiger charge is -2.10. The molecule has 0 aliphatic carbocycles. The van der Waals surface area contributed by atoms with Crippen molar-refractivity contribution in [1.82, 2.24) is 4.98 Å². The van der Waals surface area contributed by atoms with Crippen LogP contribution in [0.1, 0.15) is 16.8 Å². The second-order valence-corrected chi connectivity index (χ2v) is 6.26. The lowest BCUT2D eigenvalue weighted by Crippen LogP contribution is -2.23. The van der Waals surface area contributed by atoms with Crippen molar-refractivity contribution in [2.75, 3.05) is 6.61 Å². The highest BCUT2D eigenvalue weighted by atomic mass is 35.5. The number of halogens is 1. The number of hydrogen-bond acceptors (Lipinski definition) is 6. The summed E-state index contributed by atoms with van der Waals surface area (Å²) < 4.78 is 10.0. The number of hydrogen-bond donors (Lipinski definition) is 0. The number of esters is 2. The quantitative estimate of drug-likeness (QED) is 0.788. The van der Waals surface area contributed by atoms with Crippen LogP contribution in [0.5, 0.6) is 0 Å². The van der Waals surface area contributed by atoms with Gasteiger partial charge in [0.2, 0.25) is 6.10 Å². The average Bonchev–Trinajstić information content (AvgIpc) is 2.95. The van der Waals surface area contributed by atoms with Gasteiger partial charge in [-0.3, -0.25) is 0 Å². The molecular formula is C16H12ClNO4S. The van der Waals surface area contributed by atoms with Gasteiger partial charge in [-0.1, -0.05) is 23.4 Å². The highest BCUT2D eigenvalue weighted by molar-refractivity contribution is 7.99. The van der Waals surface area contributed by atoms with Gasteiger partial charge in [-0.05, 0) is 36.4 Å². The Morgan fingerprint density at radius 2 is 2.09 bits per heavy atom. The highest BCUT2D eigenvalue weighted by Crippen LogP contribution is 2.30. The summed E-state index contributed by atoms with van der Waals surface area (Å²) in [5, 5.41) is 1.14. The van der Waals surface area contributed by atoms with Crippen LogP contribution in [-0.4, -0.2) is 29.6 Å². The maximum absolute atomic E-state index is 12.3. The Bertz CT molecular complexity index is 735. The van der Waals surface area contributed by atoms with E-state index in [1.54, 1.807) is 30.5 Å². The number of nitrogens with zero attached hydrogens (tertiary/aromatic N) is 1. The molecular weight excluding hydrogens is 338 g/mol. The van der Waals surface area contributed by atoms with Crippen LogP contribution in [0.15, 0.2) is 52.5 Å². The first-order chi connectivity index (χ1) is 11.1. The molecule has 1 atom stereocenters. The van der Waals surface area contributed by atoms with Gasteiger partial charge in [0.25, 0.3) is 0 Å². The van der Waals surface area contributed by atoms with Crippen LogP contribution in [0, 0.1) is 0 Å². The first-order valence-electron chi connectivity index (χ1n) is 6.89. The lowest BCUT2D eigenvalue weighted by atomic mass is 10.2. The number of ether oxygens (including phenoxy) is 2. The van der Waals surface area contributed by atoms with Gasteiger partial charge in [0.15, 0.2) is 0 Å². The maximum atomic E-state index is 12.3. The number of cyclic esters (lactones) is 1. The molecule has 1 aromatic heterocycles. The van der Waals surface area contributed by atoms with E-state index in [1.165, 1.54) is 11.8 Å². The van der Waals surface area contributed by atoms with Gasteiger partial charge >= 0.3 is 11.9 Å². The molecule has 1 fully saturated rings. The maximum Gasteiger partial charge on any atom is 0.347 e. The van der Waals surface area contributed by atoms with Gasteiger partial charge in [-0.2, -0.15) is 0 Å². The Kier molecular flexibility index (Phi) is 4.83. The fourth-order valence-corrected chi connectivity index (χ4v) is 3.02. The molecule has 118 valence electrons. The Morgan fingerprint density at radius 1 is 1.30 bits per heavy atom. The second kappa shape index (κ2) is 7.02. The van der Waals surface area contributed by atoms with Crippen molar-refractivity contribution >= 4 is 35.3 Å². The first-order valence-corrected chi connectivity index (χ1v) is 8.09. The van der Waals surface area contributed by atoms with E-state index >= 15 is 0 Å². The van der Waals surface area contributed by atoms with Crippen LogP contribution < -0.4 is 0 Å². The summed E-state index contributed by atoms with van der Waals surface area (Å²) in [4.78, 5) is 28.8. The molecule has 0 N–H and O–H groups in total. The summed E-state index contributed by atoms with van der Waals surface area (Å²) in [6.45, 7) is 0.274. The summed E-state index contributed by atoms with van der Waals surface area (Å²) in [5.41, 5.74) is 0.312. The molecule has 2 heterocycles. The van der Waals surface area contributed by atoms with Crippen LogP contribution in [0.2, 0.25) is 5.02 Å². The zero-order chi connectivity index (χ0) is 16.2. The zero-order valence-electron chi connectivity index (χ0n) is 11.9. The van der Waals surface area contributed by atoms with Crippen molar-refractivity contribution in [1.29, 1.82) is 0 Å². The van der Waals surface area contributed by atoms with Crippen molar-refractivity contribution in [3.05, 3.63) is 53.2 Å². The monoisotopic (exact) mass is 349 g/mol. The third-order valence-electron chi connectivity index (χ3n) is 3.16. The summed E-state index contributed by atoms with van der Waals surface area (Å²) in [7, 11) is 0. The molecule has 0 unspecified atom stereocenters. The molecule has 2 aromatic rings. The summed E-state index contributed by atoms with van der Waals surface area (Å²) >= 11 is 7.19. The smallest absolute Gasteiger partial charge is 0.347 e. The van der Waals surface area contributed by atoms with E-state index in [0.717, 1.165) is 4.90 Å². The number of benzene rings is 1. The summed E-state index contributed by atoms with van der Waals surface area (Å²) in [5.74, 6) is -1.09. The molecule has 7 heteroatoms. The lowest BCUT2D eigenvalue weighted by molar-refractivity contribution is -0.145. The predicted molar refractivity (Wildman–Crippen MR) is 84.6 cm³/mol. The summed E-state index contributed by atoms with van der Waals surface area (Å²) in [6, 6.07) is 10.5. The second-order valence-electron chi connectivity index (χ2n) is 4.76. The Morgan fingerprint density at radius 3 is 2.78 bits per heavy atom. The van der Waals surface area contributed by atoms with E-state index in [1.807, 2.05) is 12.1 Å². The van der Waals surface area contributed by atoms with Crippen molar-refractivity contribution < 1.29 is 19.1 Å². The zero-order valence-corrected chi connectivity index (χ0v) is 13.5. The number of rotatable bonds is 4. The largest absolute Gasteiger partial charge is 0.463 e. The number of carbonyl (C=O) groups is 2. The highest BCUT2D eigenvalue weighted by Gasteiger charge is 2.31. The Labute approximate surface area is 142 Å². The van der Waals surface area contributed by atoms with Crippen LogP contribution in [0.4, 0.5) is 0 Å². The SMILES string of the molecule is O=C(O[C@@H]1CCOC1=O)c1cccnc1Sc1ccc(Cl)cc1. The van der Waals surface area contributed by atoms with Gasteiger partial charge in [0.05, 0.1) is 12.2 Å². The fourth-order valence-electron chi connectivity index (χ4n) is 2.02. The minimum Gasteiger partial charge on any atom is -0.463 e. The van der Waals surface area contributed by atoms with E-state index in [2.05, 4.69) is 4.98 Å². The molecule has 0 bridgehead atoms. The Balaban J connectivity index is 1.78. The predicted octanol–water partition coefficient (Wildman–Crippen LogP) is 3.36. The van der Waals surface area contributed by atoms with Crippen molar-refractivity contribution in [3.8, 4) is 0 Å². The van der Waals surface area contributed by atoms with Gasteiger partial charge in [0.1, 0.15) is 5.03 Å². The third-order valence-corrected chi connectivity index (χ3v) is 4.43. The average molecular weight is 350 g/mol. The minimum atomic E-state index is -0.837. The molecule has 1 saturated heterocycles. The standard InChI is InChI=1S/C16H12ClNO4S/c17-10-3-5-11(6-4-10)23-14-12(2-1-8-18-14)15(19)22-13-7-9-21-16(13)20/h1-6,8,13H,7,9H2/t13-/m1/s1. The van der Waals surface area contributed by atoms with Crippen LogP contribution in [0.3, 0.4) is 0 Å². The number of carbonyl (C=O) groups excluding carboxylic acids is 2. The van der Waals surface area contributed by atoms with E-state index in [9.17, 15) is 9.59 Å². The fraction of sp³-hybridized carbons (Fsp3) is 0.188. The van der Waals surface area contributed by atoms with Gasteiger partial charge in [-0.25, -0.2) is 14.6 Å². The van der Waals surface area contributed by atoms with Crippen molar-refractivity contribution in [2.45, 2.75) is 22.4 Å². The van der Waals surface area contributed by atoms with Crippen LogP contribution >= 0.6 is 23.4 Å². The number of aromatic nitrogens is 1. The van der Waals surface area contributed by atoms with Crippen molar-refractivity contribution in [3.63, 3.8) is 0 Å². The first kappa shape index (κ1) is 15.8. The third kappa shape index (κ3) is 3.83. The molecule has 1 aromatic carbocycles. The molecule has 1 aliphatic rings. The molecule has 0 saturated carbocycles. The van der Waals surface area contributed by atoms with Gasteiger partial charge < -0.3 is 9.47 Å². The molecule has 23 heavy (non-hydrogen) atoms. The van der Waals surface area contributed by atoms with E-state index in [4.69, 9.17) is 21.1 Å². The van der Waals surface area contributed by atoms with Gasteiger partial charge in [0, 0.05) is 22.5 Å². The number of pyridine rings is 1. The van der Waals surface area contributed by atoms with E-state index in [-0.39, 0.29) is 6.61 Å². The topological polar surface area (TPSA) is 65.5 Å². The van der Waals surface area contributed by atoms with E-state index < -0.39 is 18.0 Å². The molecule has 5 nitrogen and oxygen atoms in total. The summed E-state index contributed by atoms with van der Waals surface area (Å²) in [6.07, 6.45) is 1.14. The molecule has 0 radical (unpaired) electrons. The molecule has 0 amide bonds. The molecule has 3 rings (SSSR count). The minimum absolute atomic E-state index is 0.274. The van der Waals surface area contributed by atoms with Crippen LogP contribution in [0.25, 0.3) is 0 Å². The normalized spacial score (nSPS) is 16.9. The molecule has 1 aliphatic heterocycles. The Hall–Kier alpha value is -2.05. The van der Waals surface area contributed by atoms with Crippen molar-refractivity contribution in [2.24, 2.45) is 0 Å². The van der Waals surface area contributed by atoms with Gasteiger partial charge in [-0.15, -0.1) is 0 Å². The van der Waals surface area contributed by atoms with Crippen LogP contribution in [-0.2, 0) is 14.3 Å².